The fourth-order valence-electron chi connectivity index (χ4n) is 4.62. The number of cyclic esters (lactones) is 1. The summed E-state index contributed by atoms with van der Waals surface area (Å²) in [5, 5.41) is 11.9. The molecule has 160 valence electrons. The summed E-state index contributed by atoms with van der Waals surface area (Å²) in [4.78, 5) is 30.6. The van der Waals surface area contributed by atoms with Crippen LogP contribution in [0.15, 0.2) is 29.1 Å². The molecule has 31 heavy (non-hydrogen) atoms. The number of hydrogen-bond acceptors (Lipinski definition) is 7. The molecule has 2 aromatic heterocycles. The van der Waals surface area contributed by atoms with Crippen LogP contribution in [0.4, 0.5) is 0 Å². The number of esters is 1. The Morgan fingerprint density at radius 2 is 2.03 bits per heavy atom. The van der Waals surface area contributed by atoms with Crippen LogP contribution in [-0.2, 0) is 26.5 Å². The van der Waals surface area contributed by atoms with E-state index in [0.29, 0.717) is 17.1 Å². The molecule has 2 aliphatic rings. The summed E-state index contributed by atoms with van der Waals surface area (Å²) in [5.41, 5.74) is 1.83. The molecule has 3 aromatic rings. The van der Waals surface area contributed by atoms with Gasteiger partial charge in [0.25, 0.3) is 5.56 Å². The monoisotopic (exact) mass is 422 g/mol. The van der Waals surface area contributed by atoms with Crippen LogP contribution in [0.3, 0.4) is 0 Å². The quantitative estimate of drug-likeness (QED) is 0.648. The average molecular weight is 422 g/mol. The largest absolute Gasteiger partial charge is 0.497 e. The summed E-state index contributed by atoms with van der Waals surface area (Å²) in [5.74, 6) is -0.0321. The van der Waals surface area contributed by atoms with E-state index < -0.39 is 17.8 Å². The second kappa shape index (κ2) is 6.63. The lowest BCUT2D eigenvalue weighted by molar-refractivity contribution is -0.172. The van der Waals surface area contributed by atoms with Crippen molar-refractivity contribution in [2.75, 3.05) is 14.2 Å². The minimum atomic E-state index is -1.87. The van der Waals surface area contributed by atoms with Crippen LogP contribution in [0.5, 0.6) is 5.75 Å². The number of aliphatic hydroxyl groups is 1. The van der Waals surface area contributed by atoms with Gasteiger partial charge in [-0.05, 0) is 43.2 Å². The third-order valence-electron chi connectivity index (χ3n) is 6.30. The van der Waals surface area contributed by atoms with Crippen molar-refractivity contribution >= 4 is 16.9 Å². The van der Waals surface area contributed by atoms with E-state index in [1.165, 1.54) is 11.7 Å². The van der Waals surface area contributed by atoms with Crippen LogP contribution >= 0.6 is 0 Å². The molecular weight excluding hydrogens is 400 g/mol. The Balaban J connectivity index is 1.84. The van der Waals surface area contributed by atoms with Gasteiger partial charge in [-0.15, -0.1) is 0 Å². The van der Waals surface area contributed by atoms with Gasteiger partial charge in [0.05, 0.1) is 29.6 Å². The number of aryl methyl sites for hydroxylation is 1. The minimum absolute atomic E-state index is 0.0896. The van der Waals surface area contributed by atoms with Gasteiger partial charge >= 0.3 is 5.97 Å². The molecule has 2 aliphatic heterocycles. The van der Waals surface area contributed by atoms with E-state index in [9.17, 15) is 14.7 Å². The van der Waals surface area contributed by atoms with Gasteiger partial charge in [-0.1, -0.05) is 6.92 Å². The van der Waals surface area contributed by atoms with E-state index in [-0.39, 0.29) is 29.7 Å². The fourth-order valence-corrected chi connectivity index (χ4v) is 4.62. The van der Waals surface area contributed by atoms with Crippen LogP contribution in [-0.4, -0.2) is 34.8 Å². The standard InChI is InChI=1S/C23H22N2O6/c1-5-23(28)16-9-17-19-14(8-12-7-13(29-3)6-11(2)18(12)24-19)21(30-4)25(17)20(26)15(16)10-31-22(23)27/h6-9,21,28H,5,10H2,1-4H3/t21?,23-/m0/s1. The highest BCUT2D eigenvalue weighted by molar-refractivity contribution is 5.89. The number of benzene rings is 1. The number of hydrogen-bond donors (Lipinski definition) is 1. The molecule has 5 rings (SSSR count). The third kappa shape index (κ3) is 2.52. The number of aromatic nitrogens is 2. The molecule has 0 radical (unpaired) electrons. The molecule has 0 aliphatic carbocycles. The summed E-state index contributed by atoms with van der Waals surface area (Å²) in [6, 6.07) is 7.41. The third-order valence-corrected chi connectivity index (χ3v) is 6.30. The van der Waals surface area contributed by atoms with Crippen molar-refractivity contribution < 1.29 is 24.1 Å². The van der Waals surface area contributed by atoms with Crippen molar-refractivity contribution in [3.05, 3.63) is 56.9 Å². The highest BCUT2D eigenvalue weighted by Crippen LogP contribution is 2.43. The Bertz CT molecular complexity index is 1330. The van der Waals surface area contributed by atoms with E-state index in [4.69, 9.17) is 19.2 Å². The average Bonchev–Trinajstić information content (AvgIpc) is 3.08. The fraction of sp³-hybridized carbons (Fsp3) is 0.348. The van der Waals surface area contributed by atoms with Gasteiger partial charge in [0.1, 0.15) is 12.4 Å². The van der Waals surface area contributed by atoms with Gasteiger partial charge in [0, 0.05) is 23.6 Å². The van der Waals surface area contributed by atoms with Crippen LogP contribution in [0.2, 0.25) is 0 Å². The zero-order valence-corrected chi connectivity index (χ0v) is 17.7. The molecule has 0 bridgehead atoms. The minimum Gasteiger partial charge on any atom is -0.497 e. The lowest BCUT2D eigenvalue weighted by Gasteiger charge is -2.32. The molecular formula is C23H22N2O6. The predicted octanol–water partition coefficient (Wildman–Crippen LogP) is 2.54. The number of fused-ring (bicyclic) bond motifs is 5. The maximum absolute atomic E-state index is 13.4. The Hall–Kier alpha value is -3.23. The van der Waals surface area contributed by atoms with Crippen molar-refractivity contribution in [1.29, 1.82) is 0 Å². The van der Waals surface area contributed by atoms with Gasteiger partial charge in [-0.3, -0.25) is 9.36 Å². The van der Waals surface area contributed by atoms with E-state index in [0.717, 1.165) is 22.0 Å². The zero-order valence-electron chi connectivity index (χ0n) is 17.7. The molecule has 1 aromatic carbocycles. The number of pyridine rings is 2. The highest BCUT2D eigenvalue weighted by Gasteiger charge is 2.46. The Labute approximate surface area is 178 Å². The predicted molar refractivity (Wildman–Crippen MR) is 112 cm³/mol. The van der Waals surface area contributed by atoms with E-state index >= 15 is 0 Å². The second-order valence-electron chi connectivity index (χ2n) is 7.92. The molecule has 2 atom stereocenters. The zero-order chi connectivity index (χ0) is 22.1. The SMILES string of the molecule is CC[C@@]1(O)C(=O)OCc2c1cc1n(c2=O)C(OC)c2cc3cc(OC)cc(C)c3nc2-1. The summed E-state index contributed by atoms with van der Waals surface area (Å²) in [6.07, 6.45) is -0.592. The van der Waals surface area contributed by atoms with Gasteiger partial charge in [0.2, 0.25) is 0 Å². The molecule has 1 unspecified atom stereocenters. The number of nitrogens with zero attached hydrogens (tertiary/aromatic N) is 2. The van der Waals surface area contributed by atoms with Gasteiger partial charge in [-0.25, -0.2) is 9.78 Å². The van der Waals surface area contributed by atoms with Crippen molar-refractivity contribution in [2.45, 2.75) is 38.7 Å². The molecule has 8 heteroatoms. The van der Waals surface area contributed by atoms with Crippen molar-refractivity contribution in [1.82, 2.24) is 9.55 Å². The summed E-state index contributed by atoms with van der Waals surface area (Å²) >= 11 is 0. The lowest BCUT2D eigenvalue weighted by Crippen LogP contribution is -2.44. The molecule has 0 amide bonds. The number of ether oxygens (including phenoxy) is 3. The van der Waals surface area contributed by atoms with Crippen LogP contribution in [0.25, 0.3) is 22.3 Å². The smallest absolute Gasteiger partial charge is 0.343 e. The van der Waals surface area contributed by atoms with E-state index in [1.807, 2.05) is 25.1 Å². The topological polar surface area (TPSA) is 99.9 Å². The summed E-state index contributed by atoms with van der Waals surface area (Å²) < 4.78 is 17.7. The van der Waals surface area contributed by atoms with Gasteiger partial charge in [0.15, 0.2) is 11.8 Å². The molecule has 1 N–H and O–H groups in total. The van der Waals surface area contributed by atoms with E-state index in [2.05, 4.69) is 0 Å². The molecule has 4 heterocycles. The number of rotatable bonds is 3. The molecule has 0 spiro atoms. The molecule has 0 saturated carbocycles. The Morgan fingerprint density at radius 3 is 2.71 bits per heavy atom. The molecule has 0 fully saturated rings. The Morgan fingerprint density at radius 1 is 1.26 bits per heavy atom. The van der Waals surface area contributed by atoms with E-state index in [1.54, 1.807) is 20.1 Å². The lowest BCUT2D eigenvalue weighted by atomic mass is 9.86. The molecule has 0 saturated heterocycles. The number of methoxy groups -OCH3 is 2. The number of carbonyl (C=O) groups is 1. The molecule has 8 nitrogen and oxygen atoms in total. The summed E-state index contributed by atoms with van der Waals surface area (Å²) in [6.45, 7) is 3.43. The van der Waals surface area contributed by atoms with Crippen molar-refractivity contribution in [3.8, 4) is 17.1 Å². The van der Waals surface area contributed by atoms with Crippen molar-refractivity contribution in [3.63, 3.8) is 0 Å². The normalized spacial score (nSPS) is 21.5. The van der Waals surface area contributed by atoms with Crippen LogP contribution in [0, 0.1) is 6.92 Å². The summed E-state index contributed by atoms with van der Waals surface area (Å²) in [7, 11) is 3.14. The first-order chi connectivity index (χ1) is 14.8. The first kappa shape index (κ1) is 19.7. The highest BCUT2D eigenvalue weighted by atomic mass is 16.6. The van der Waals surface area contributed by atoms with Crippen molar-refractivity contribution in [2.24, 2.45) is 0 Å². The maximum Gasteiger partial charge on any atom is 0.343 e. The van der Waals surface area contributed by atoms with Gasteiger partial charge < -0.3 is 19.3 Å². The maximum atomic E-state index is 13.4. The first-order valence-corrected chi connectivity index (χ1v) is 10.0. The van der Waals surface area contributed by atoms with Crippen LogP contribution < -0.4 is 10.3 Å². The van der Waals surface area contributed by atoms with Crippen LogP contribution in [0.1, 0.15) is 41.8 Å². The second-order valence-corrected chi connectivity index (χ2v) is 7.92. The Kier molecular flexibility index (Phi) is 4.22. The van der Waals surface area contributed by atoms with Gasteiger partial charge in [-0.2, -0.15) is 0 Å². The first-order valence-electron chi connectivity index (χ1n) is 10.0. The number of carbonyl (C=O) groups excluding carboxylic acids is 1.